The summed E-state index contributed by atoms with van der Waals surface area (Å²) in [4.78, 5) is 2.44. The fraction of sp³-hybridized carbons (Fsp3) is 0.429. The Labute approximate surface area is 175 Å². The predicted molar refractivity (Wildman–Crippen MR) is 115 cm³/mol. The van der Waals surface area contributed by atoms with E-state index in [-0.39, 0.29) is 30.9 Å². The van der Waals surface area contributed by atoms with Crippen molar-refractivity contribution in [1.82, 2.24) is 10.2 Å². The van der Waals surface area contributed by atoms with Crippen LogP contribution in [0, 0.1) is 0 Å². The van der Waals surface area contributed by atoms with Crippen LogP contribution in [-0.4, -0.2) is 57.4 Å². The lowest BCUT2D eigenvalue weighted by Crippen LogP contribution is -2.40. The normalized spacial score (nSPS) is 14.4. The van der Waals surface area contributed by atoms with Crippen molar-refractivity contribution >= 4 is 24.8 Å². The van der Waals surface area contributed by atoms with E-state index in [1.807, 2.05) is 12.1 Å². The van der Waals surface area contributed by atoms with Gasteiger partial charge in [-0.15, -0.1) is 24.8 Å². The SMILES string of the molecule is Cl.Cl.c1ccc(C(OCCNCCN2CCOCC2)c2ccccc2)cc1. The minimum Gasteiger partial charge on any atom is -0.379 e. The highest BCUT2D eigenvalue weighted by Crippen LogP contribution is 2.25. The molecule has 27 heavy (non-hydrogen) atoms. The smallest absolute Gasteiger partial charge is 0.108 e. The van der Waals surface area contributed by atoms with Crippen molar-refractivity contribution in [1.29, 1.82) is 0 Å². The molecule has 2 aromatic rings. The maximum Gasteiger partial charge on any atom is 0.108 e. The van der Waals surface area contributed by atoms with Crippen LogP contribution >= 0.6 is 24.8 Å². The molecule has 1 heterocycles. The zero-order valence-electron chi connectivity index (χ0n) is 15.6. The Morgan fingerprint density at radius 1 is 0.852 bits per heavy atom. The van der Waals surface area contributed by atoms with Crippen LogP contribution in [0.25, 0.3) is 0 Å². The molecular formula is C21H30Cl2N2O2. The molecule has 0 aliphatic carbocycles. The third-order valence-electron chi connectivity index (χ3n) is 4.48. The number of halogens is 2. The first-order valence-corrected chi connectivity index (χ1v) is 9.16. The number of nitrogens with zero attached hydrogens (tertiary/aromatic N) is 1. The highest BCUT2D eigenvalue weighted by atomic mass is 35.5. The van der Waals surface area contributed by atoms with Gasteiger partial charge in [-0.2, -0.15) is 0 Å². The van der Waals surface area contributed by atoms with Crippen molar-refractivity contribution < 1.29 is 9.47 Å². The molecule has 2 aromatic carbocycles. The summed E-state index contributed by atoms with van der Waals surface area (Å²) in [5, 5.41) is 3.48. The van der Waals surface area contributed by atoms with E-state index < -0.39 is 0 Å². The first-order valence-electron chi connectivity index (χ1n) is 9.16. The van der Waals surface area contributed by atoms with Crippen LogP contribution in [0.1, 0.15) is 17.2 Å². The number of rotatable bonds is 9. The topological polar surface area (TPSA) is 33.7 Å². The Bertz CT molecular complexity index is 556. The van der Waals surface area contributed by atoms with E-state index in [1.54, 1.807) is 0 Å². The van der Waals surface area contributed by atoms with Gasteiger partial charge in [0, 0.05) is 32.7 Å². The van der Waals surface area contributed by atoms with Crippen molar-refractivity contribution in [3.63, 3.8) is 0 Å². The lowest BCUT2D eigenvalue weighted by Gasteiger charge is -2.26. The van der Waals surface area contributed by atoms with Crippen molar-refractivity contribution in [3.8, 4) is 0 Å². The highest BCUT2D eigenvalue weighted by Gasteiger charge is 2.14. The molecule has 3 rings (SSSR count). The summed E-state index contributed by atoms with van der Waals surface area (Å²) in [6.07, 6.45) is -0.0107. The second kappa shape index (κ2) is 13.9. The lowest BCUT2D eigenvalue weighted by atomic mass is 10.0. The summed E-state index contributed by atoms with van der Waals surface area (Å²) in [6, 6.07) is 20.9. The number of hydrogen-bond donors (Lipinski definition) is 1. The molecule has 1 aliphatic rings. The van der Waals surface area contributed by atoms with Crippen LogP contribution < -0.4 is 5.32 Å². The van der Waals surface area contributed by atoms with Crippen LogP contribution in [0.15, 0.2) is 60.7 Å². The molecular weight excluding hydrogens is 383 g/mol. The molecule has 1 saturated heterocycles. The van der Waals surface area contributed by atoms with Gasteiger partial charge in [0.2, 0.25) is 0 Å². The van der Waals surface area contributed by atoms with Crippen LogP contribution in [0.2, 0.25) is 0 Å². The summed E-state index contributed by atoms with van der Waals surface area (Å²) >= 11 is 0. The molecule has 0 saturated carbocycles. The van der Waals surface area contributed by atoms with Gasteiger partial charge < -0.3 is 14.8 Å². The summed E-state index contributed by atoms with van der Waals surface area (Å²) in [5.74, 6) is 0. The Balaban J connectivity index is 0.00000182. The molecule has 0 aromatic heterocycles. The van der Waals surface area contributed by atoms with Crippen LogP contribution in [-0.2, 0) is 9.47 Å². The van der Waals surface area contributed by atoms with Gasteiger partial charge in [0.25, 0.3) is 0 Å². The van der Waals surface area contributed by atoms with Gasteiger partial charge in [-0.05, 0) is 11.1 Å². The predicted octanol–water partition coefficient (Wildman–Crippen LogP) is 3.56. The van der Waals surface area contributed by atoms with E-state index in [9.17, 15) is 0 Å². The van der Waals surface area contributed by atoms with Gasteiger partial charge >= 0.3 is 0 Å². The number of ether oxygens (including phenoxy) is 2. The minimum atomic E-state index is -0.0107. The zero-order chi connectivity index (χ0) is 17.2. The standard InChI is InChI=1S/C21H28N2O2.2ClH/c1-3-7-19(8-4-1)21(20-9-5-2-6-10-20)25-16-12-22-11-13-23-14-17-24-18-15-23;;/h1-10,21-22H,11-18H2;2*1H. The van der Waals surface area contributed by atoms with Crippen molar-refractivity contribution in [2.45, 2.75) is 6.10 Å². The fourth-order valence-electron chi connectivity index (χ4n) is 3.08. The van der Waals surface area contributed by atoms with E-state index >= 15 is 0 Å². The lowest BCUT2D eigenvalue weighted by molar-refractivity contribution is 0.0377. The summed E-state index contributed by atoms with van der Waals surface area (Å²) in [5.41, 5.74) is 2.39. The summed E-state index contributed by atoms with van der Waals surface area (Å²) in [6.45, 7) is 7.43. The molecule has 4 nitrogen and oxygen atoms in total. The minimum absolute atomic E-state index is 0. The van der Waals surface area contributed by atoms with Crippen molar-refractivity contribution in [3.05, 3.63) is 71.8 Å². The zero-order valence-corrected chi connectivity index (χ0v) is 17.2. The van der Waals surface area contributed by atoms with Gasteiger partial charge in [-0.1, -0.05) is 60.7 Å². The van der Waals surface area contributed by atoms with Crippen LogP contribution in [0.4, 0.5) is 0 Å². The molecule has 1 aliphatic heterocycles. The van der Waals surface area contributed by atoms with E-state index in [4.69, 9.17) is 9.47 Å². The van der Waals surface area contributed by atoms with Crippen LogP contribution in [0.5, 0.6) is 0 Å². The summed E-state index contributed by atoms with van der Waals surface area (Å²) < 4.78 is 11.6. The average Bonchev–Trinajstić information content (AvgIpc) is 2.69. The second-order valence-corrected chi connectivity index (χ2v) is 6.28. The molecule has 0 radical (unpaired) electrons. The van der Waals surface area contributed by atoms with Gasteiger partial charge in [-0.3, -0.25) is 4.90 Å². The van der Waals surface area contributed by atoms with Gasteiger partial charge in [0.1, 0.15) is 6.10 Å². The Morgan fingerprint density at radius 2 is 1.41 bits per heavy atom. The first kappa shape index (κ1) is 23.9. The number of hydrogen-bond acceptors (Lipinski definition) is 4. The molecule has 150 valence electrons. The molecule has 0 bridgehead atoms. The van der Waals surface area contributed by atoms with E-state index in [0.717, 1.165) is 45.9 Å². The van der Waals surface area contributed by atoms with Gasteiger partial charge in [-0.25, -0.2) is 0 Å². The molecule has 0 spiro atoms. The molecule has 6 heteroatoms. The number of nitrogens with one attached hydrogen (secondary N) is 1. The van der Waals surface area contributed by atoms with Gasteiger partial charge in [0.05, 0.1) is 19.8 Å². The Kier molecular flexibility index (Phi) is 12.3. The molecule has 1 N–H and O–H groups in total. The Morgan fingerprint density at radius 3 is 1.96 bits per heavy atom. The summed E-state index contributed by atoms with van der Waals surface area (Å²) in [7, 11) is 0. The van der Waals surface area contributed by atoms with Crippen molar-refractivity contribution in [2.24, 2.45) is 0 Å². The molecule has 1 fully saturated rings. The Hall–Kier alpha value is -1.14. The van der Waals surface area contributed by atoms with Crippen LogP contribution in [0.3, 0.4) is 0 Å². The third kappa shape index (κ3) is 8.18. The third-order valence-corrected chi connectivity index (χ3v) is 4.48. The number of benzene rings is 2. The van der Waals surface area contributed by atoms with Crippen molar-refractivity contribution in [2.75, 3.05) is 52.5 Å². The molecule has 0 atom stereocenters. The quantitative estimate of drug-likeness (QED) is 0.638. The van der Waals surface area contributed by atoms with E-state index in [2.05, 4.69) is 58.7 Å². The number of morpholine rings is 1. The molecule has 0 unspecified atom stereocenters. The maximum atomic E-state index is 6.21. The van der Waals surface area contributed by atoms with Gasteiger partial charge in [0.15, 0.2) is 0 Å². The largest absolute Gasteiger partial charge is 0.379 e. The fourth-order valence-corrected chi connectivity index (χ4v) is 3.08. The van der Waals surface area contributed by atoms with E-state index in [0.29, 0.717) is 6.61 Å². The highest BCUT2D eigenvalue weighted by molar-refractivity contribution is 5.85. The monoisotopic (exact) mass is 412 g/mol. The first-order chi connectivity index (χ1) is 12.4. The molecule has 0 amide bonds. The van der Waals surface area contributed by atoms with E-state index in [1.165, 1.54) is 11.1 Å². The second-order valence-electron chi connectivity index (χ2n) is 6.28. The maximum absolute atomic E-state index is 6.21. The average molecular weight is 413 g/mol.